The maximum absolute atomic E-state index is 11.8. The van der Waals surface area contributed by atoms with Gasteiger partial charge in [0.25, 0.3) is 0 Å². The Morgan fingerprint density at radius 3 is 2.40 bits per heavy atom. The predicted octanol–water partition coefficient (Wildman–Crippen LogP) is -0.112. The Morgan fingerprint density at radius 2 is 1.90 bits per heavy atom. The molecule has 1 aromatic rings. The zero-order valence-electron chi connectivity index (χ0n) is 11.2. The van der Waals surface area contributed by atoms with Crippen molar-refractivity contribution < 1.29 is 24.9 Å². The maximum Gasteiger partial charge on any atom is 0.314 e. The highest BCUT2D eigenvalue weighted by molar-refractivity contribution is 5.89. The van der Waals surface area contributed by atoms with E-state index in [9.17, 15) is 14.7 Å². The van der Waals surface area contributed by atoms with Crippen molar-refractivity contribution in [2.75, 3.05) is 13.2 Å². The van der Waals surface area contributed by atoms with Gasteiger partial charge in [-0.3, -0.25) is 9.59 Å². The van der Waals surface area contributed by atoms with Crippen LogP contribution in [0.2, 0.25) is 0 Å². The third kappa shape index (κ3) is 4.04. The molecule has 0 aliphatic carbocycles. The van der Waals surface area contributed by atoms with Gasteiger partial charge < -0.3 is 20.6 Å². The Morgan fingerprint density at radius 1 is 1.30 bits per heavy atom. The van der Waals surface area contributed by atoms with E-state index in [-0.39, 0.29) is 13.0 Å². The summed E-state index contributed by atoms with van der Waals surface area (Å²) in [6.07, 6.45) is -1.29. The van der Waals surface area contributed by atoms with Crippen LogP contribution in [-0.4, -0.2) is 46.5 Å². The fourth-order valence-electron chi connectivity index (χ4n) is 1.79. The first kappa shape index (κ1) is 16.1. The van der Waals surface area contributed by atoms with Crippen molar-refractivity contribution in [2.45, 2.75) is 24.9 Å². The average Bonchev–Trinajstić information content (AvgIpc) is 2.45. The number of amides is 1. The number of hydrogen-bond acceptors (Lipinski definition) is 4. The van der Waals surface area contributed by atoms with Crippen molar-refractivity contribution in [3.63, 3.8) is 0 Å². The van der Waals surface area contributed by atoms with Crippen LogP contribution < -0.4 is 5.32 Å². The van der Waals surface area contributed by atoms with Gasteiger partial charge in [0.05, 0.1) is 18.1 Å². The number of rotatable bonds is 7. The van der Waals surface area contributed by atoms with E-state index in [1.807, 2.05) is 0 Å². The molecule has 20 heavy (non-hydrogen) atoms. The molecule has 0 saturated carbocycles. The number of hydrogen-bond donors (Lipinski definition) is 4. The number of nitrogens with one attached hydrogen (secondary N) is 1. The van der Waals surface area contributed by atoms with Crippen molar-refractivity contribution in [2.24, 2.45) is 0 Å². The van der Waals surface area contributed by atoms with Crippen LogP contribution in [0.3, 0.4) is 0 Å². The molecule has 2 unspecified atom stereocenters. The number of aliphatic hydroxyl groups is 2. The number of aliphatic carboxylic acids is 1. The summed E-state index contributed by atoms with van der Waals surface area (Å²) in [7, 11) is 0. The maximum atomic E-state index is 11.8. The Balaban J connectivity index is 2.78. The molecule has 1 aromatic carbocycles. The fourth-order valence-corrected chi connectivity index (χ4v) is 1.79. The van der Waals surface area contributed by atoms with Crippen LogP contribution in [0.15, 0.2) is 30.3 Å². The molecule has 0 bridgehead atoms. The monoisotopic (exact) mass is 281 g/mol. The third-order valence-electron chi connectivity index (χ3n) is 3.14. The highest BCUT2D eigenvalue weighted by Crippen LogP contribution is 2.27. The molecule has 1 amide bonds. The Bertz CT molecular complexity index is 462. The summed E-state index contributed by atoms with van der Waals surface area (Å²) in [5.74, 6) is -1.59. The van der Waals surface area contributed by atoms with Gasteiger partial charge in [0.1, 0.15) is 0 Å². The van der Waals surface area contributed by atoms with E-state index in [0.29, 0.717) is 5.56 Å². The number of benzene rings is 1. The molecule has 1 rings (SSSR count). The first-order chi connectivity index (χ1) is 9.40. The Kier molecular flexibility index (Phi) is 5.66. The second kappa shape index (κ2) is 7.02. The Labute approximate surface area is 117 Å². The molecule has 0 saturated heterocycles. The van der Waals surface area contributed by atoms with E-state index in [1.165, 1.54) is 6.92 Å². The lowest BCUT2D eigenvalue weighted by atomic mass is 9.79. The lowest BCUT2D eigenvalue weighted by Gasteiger charge is -2.25. The van der Waals surface area contributed by atoms with Gasteiger partial charge in [-0.1, -0.05) is 30.3 Å². The first-order valence-corrected chi connectivity index (χ1v) is 6.24. The average molecular weight is 281 g/mol. The van der Waals surface area contributed by atoms with E-state index in [4.69, 9.17) is 10.2 Å². The summed E-state index contributed by atoms with van der Waals surface area (Å²) in [6.45, 7) is 0.904. The largest absolute Gasteiger partial charge is 0.481 e. The van der Waals surface area contributed by atoms with Gasteiger partial charge in [-0.2, -0.15) is 0 Å². The van der Waals surface area contributed by atoms with Gasteiger partial charge in [0.2, 0.25) is 5.91 Å². The minimum absolute atomic E-state index is 0.111. The van der Waals surface area contributed by atoms with E-state index >= 15 is 0 Å². The SMILES string of the molecule is CC(CC(=O)NCC(O)CO)(C(=O)O)c1ccccc1. The molecule has 6 nitrogen and oxygen atoms in total. The van der Waals surface area contributed by atoms with Gasteiger partial charge in [0, 0.05) is 13.0 Å². The molecule has 0 fully saturated rings. The second-order valence-electron chi connectivity index (χ2n) is 4.82. The van der Waals surface area contributed by atoms with E-state index in [1.54, 1.807) is 30.3 Å². The zero-order chi connectivity index (χ0) is 15.2. The molecule has 6 heteroatoms. The van der Waals surface area contributed by atoms with Crippen LogP contribution in [0.5, 0.6) is 0 Å². The van der Waals surface area contributed by atoms with Crippen LogP contribution in [0.25, 0.3) is 0 Å². The van der Waals surface area contributed by atoms with E-state index in [2.05, 4.69) is 5.32 Å². The normalized spacial score (nSPS) is 15.2. The topological polar surface area (TPSA) is 107 Å². The van der Waals surface area contributed by atoms with Crippen LogP contribution in [0, 0.1) is 0 Å². The summed E-state index contributed by atoms with van der Waals surface area (Å²) in [6, 6.07) is 8.51. The predicted molar refractivity (Wildman–Crippen MR) is 72.1 cm³/mol. The van der Waals surface area contributed by atoms with Crippen LogP contribution >= 0.6 is 0 Å². The number of carbonyl (C=O) groups excluding carboxylic acids is 1. The fraction of sp³-hybridized carbons (Fsp3) is 0.429. The van der Waals surface area contributed by atoms with Crippen LogP contribution in [0.4, 0.5) is 0 Å². The number of aliphatic hydroxyl groups excluding tert-OH is 2. The third-order valence-corrected chi connectivity index (χ3v) is 3.14. The van der Waals surface area contributed by atoms with Gasteiger partial charge >= 0.3 is 5.97 Å². The van der Waals surface area contributed by atoms with Gasteiger partial charge in [-0.15, -0.1) is 0 Å². The number of carboxylic acid groups (broad SMARTS) is 1. The van der Waals surface area contributed by atoms with E-state index < -0.39 is 30.0 Å². The smallest absolute Gasteiger partial charge is 0.314 e. The molecule has 2 atom stereocenters. The zero-order valence-corrected chi connectivity index (χ0v) is 11.2. The molecule has 4 N–H and O–H groups in total. The lowest BCUT2D eigenvalue weighted by Crippen LogP contribution is -2.41. The molecular weight excluding hydrogens is 262 g/mol. The van der Waals surface area contributed by atoms with Gasteiger partial charge in [-0.25, -0.2) is 0 Å². The molecule has 0 spiro atoms. The molecular formula is C14H19NO5. The van der Waals surface area contributed by atoms with Crippen molar-refractivity contribution in [1.82, 2.24) is 5.32 Å². The molecule has 110 valence electrons. The lowest BCUT2D eigenvalue weighted by molar-refractivity contribution is -0.145. The number of carboxylic acids is 1. The second-order valence-corrected chi connectivity index (χ2v) is 4.82. The Hall–Kier alpha value is -1.92. The van der Waals surface area contributed by atoms with Crippen molar-refractivity contribution in [3.8, 4) is 0 Å². The first-order valence-electron chi connectivity index (χ1n) is 6.24. The standard InChI is InChI=1S/C14H19NO5/c1-14(13(19)20,10-5-3-2-4-6-10)7-12(18)15-8-11(17)9-16/h2-6,11,16-17H,7-9H2,1H3,(H,15,18)(H,19,20). The van der Waals surface area contributed by atoms with Crippen molar-refractivity contribution >= 4 is 11.9 Å². The highest BCUT2D eigenvalue weighted by atomic mass is 16.4. The molecule has 0 aliphatic rings. The quantitative estimate of drug-likeness (QED) is 0.558. The summed E-state index contributed by atoms with van der Waals surface area (Å²) in [5, 5.41) is 29.6. The van der Waals surface area contributed by atoms with Gasteiger partial charge in [0.15, 0.2) is 0 Å². The van der Waals surface area contributed by atoms with Crippen molar-refractivity contribution in [1.29, 1.82) is 0 Å². The highest BCUT2D eigenvalue weighted by Gasteiger charge is 2.37. The molecule has 0 heterocycles. The molecule has 0 aromatic heterocycles. The number of carbonyl (C=O) groups is 2. The molecule has 0 radical (unpaired) electrons. The molecule has 0 aliphatic heterocycles. The minimum Gasteiger partial charge on any atom is -0.481 e. The van der Waals surface area contributed by atoms with Gasteiger partial charge in [-0.05, 0) is 12.5 Å². The summed E-state index contributed by atoms with van der Waals surface area (Å²) >= 11 is 0. The van der Waals surface area contributed by atoms with Crippen LogP contribution in [-0.2, 0) is 15.0 Å². The summed E-state index contributed by atoms with van der Waals surface area (Å²) in [5.41, 5.74) is -0.805. The summed E-state index contributed by atoms with van der Waals surface area (Å²) < 4.78 is 0. The van der Waals surface area contributed by atoms with E-state index in [0.717, 1.165) is 0 Å². The minimum atomic E-state index is -1.34. The van der Waals surface area contributed by atoms with Crippen LogP contribution in [0.1, 0.15) is 18.9 Å². The summed E-state index contributed by atoms with van der Waals surface area (Å²) in [4.78, 5) is 23.3. The van der Waals surface area contributed by atoms with Crippen molar-refractivity contribution in [3.05, 3.63) is 35.9 Å².